The van der Waals surface area contributed by atoms with E-state index < -0.39 is 5.97 Å². The molecule has 0 aliphatic heterocycles. The summed E-state index contributed by atoms with van der Waals surface area (Å²) in [4.78, 5) is 28.7. The summed E-state index contributed by atoms with van der Waals surface area (Å²) in [6.07, 6.45) is 1.29. The Morgan fingerprint density at radius 3 is 2.46 bits per heavy atom. The van der Waals surface area contributed by atoms with E-state index in [2.05, 4.69) is 4.98 Å². The molecule has 0 N–H and O–H groups in total. The summed E-state index contributed by atoms with van der Waals surface area (Å²) in [7, 11) is 0. The highest BCUT2D eigenvalue weighted by Gasteiger charge is 2.14. The van der Waals surface area contributed by atoms with Gasteiger partial charge >= 0.3 is 5.97 Å². The van der Waals surface area contributed by atoms with Gasteiger partial charge in [0.15, 0.2) is 0 Å². The summed E-state index contributed by atoms with van der Waals surface area (Å²) in [5.74, 6) is 0.0591. The number of carbonyl (C=O) groups excluding carboxylic acids is 1. The van der Waals surface area contributed by atoms with Crippen LogP contribution >= 0.6 is 0 Å². The number of rotatable bonds is 3. The van der Waals surface area contributed by atoms with Crippen molar-refractivity contribution in [1.82, 2.24) is 9.55 Å². The molecular formula is C19H16N2O3. The molecule has 24 heavy (non-hydrogen) atoms. The number of ether oxygens (including phenoxy) is 1. The van der Waals surface area contributed by atoms with Gasteiger partial charge in [0, 0.05) is 12.5 Å². The quantitative estimate of drug-likeness (QED) is 0.549. The molecule has 3 aromatic rings. The van der Waals surface area contributed by atoms with Crippen molar-refractivity contribution < 1.29 is 9.53 Å². The molecule has 1 heterocycles. The van der Waals surface area contributed by atoms with Gasteiger partial charge in [-0.2, -0.15) is 0 Å². The summed E-state index contributed by atoms with van der Waals surface area (Å²) in [6, 6.07) is 16.4. The number of fused-ring (bicyclic) bond motifs is 1. The van der Waals surface area contributed by atoms with Crippen LogP contribution in [0.5, 0.6) is 0 Å². The summed E-state index contributed by atoms with van der Waals surface area (Å²) in [6.45, 7) is 3.06. The second kappa shape index (κ2) is 6.50. The molecule has 2 aromatic carbocycles. The number of hydrogen-bond acceptors (Lipinski definition) is 4. The van der Waals surface area contributed by atoms with Crippen LogP contribution in [0.1, 0.15) is 18.3 Å². The van der Waals surface area contributed by atoms with E-state index in [-0.39, 0.29) is 5.56 Å². The SMILES string of the molecule is CC(=O)O/C=C(\c1ccccc1)n1c(C)nc2ccccc2c1=O. The molecule has 0 spiro atoms. The maximum absolute atomic E-state index is 13.0. The van der Waals surface area contributed by atoms with Gasteiger partial charge in [0.05, 0.1) is 16.6 Å². The number of benzene rings is 2. The highest BCUT2D eigenvalue weighted by molar-refractivity contribution is 5.79. The minimum absolute atomic E-state index is 0.208. The Kier molecular flexibility index (Phi) is 4.24. The molecule has 1 aromatic heterocycles. The second-order valence-electron chi connectivity index (χ2n) is 5.30. The molecule has 0 atom stereocenters. The van der Waals surface area contributed by atoms with Gasteiger partial charge in [-0.3, -0.25) is 14.2 Å². The van der Waals surface area contributed by atoms with Crippen LogP contribution in [0.25, 0.3) is 16.6 Å². The minimum atomic E-state index is -0.456. The van der Waals surface area contributed by atoms with Crippen molar-refractivity contribution in [2.45, 2.75) is 13.8 Å². The lowest BCUT2D eigenvalue weighted by Crippen LogP contribution is -2.24. The lowest BCUT2D eigenvalue weighted by atomic mass is 10.1. The molecule has 0 saturated carbocycles. The standard InChI is InChI=1S/C19H16N2O3/c1-13-20-17-11-7-6-10-16(17)19(23)21(13)18(12-24-14(2)22)15-8-4-3-5-9-15/h3-12H,1-2H3/b18-12+. The molecule has 0 radical (unpaired) electrons. The van der Waals surface area contributed by atoms with Crippen molar-refractivity contribution in [2.75, 3.05) is 0 Å². The van der Waals surface area contributed by atoms with Crippen molar-refractivity contribution in [2.24, 2.45) is 0 Å². The first-order valence-electron chi connectivity index (χ1n) is 7.49. The van der Waals surface area contributed by atoms with Gasteiger partial charge < -0.3 is 4.74 Å². The maximum atomic E-state index is 13.0. The van der Waals surface area contributed by atoms with E-state index in [4.69, 9.17) is 4.74 Å². The second-order valence-corrected chi connectivity index (χ2v) is 5.30. The topological polar surface area (TPSA) is 61.2 Å². The van der Waals surface area contributed by atoms with Gasteiger partial charge in [0.2, 0.25) is 0 Å². The Hall–Kier alpha value is -3.21. The molecule has 0 saturated heterocycles. The van der Waals surface area contributed by atoms with Crippen LogP contribution in [0.4, 0.5) is 0 Å². The number of hydrogen-bond donors (Lipinski definition) is 0. The third-order valence-electron chi connectivity index (χ3n) is 3.59. The zero-order valence-corrected chi connectivity index (χ0v) is 13.4. The first kappa shape index (κ1) is 15.7. The molecular weight excluding hydrogens is 304 g/mol. The lowest BCUT2D eigenvalue weighted by molar-refractivity contribution is -0.135. The fourth-order valence-electron chi connectivity index (χ4n) is 2.52. The Balaban J connectivity index is 2.29. The normalized spacial score (nSPS) is 11.5. The Morgan fingerprint density at radius 2 is 1.75 bits per heavy atom. The van der Waals surface area contributed by atoms with Gasteiger partial charge in [-0.05, 0) is 19.1 Å². The molecule has 0 amide bonds. The van der Waals surface area contributed by atoms with E-state index in [0.29, 0.717) is 22.4 Å². The molecule has 3 rings (SSSR count). The molecule has 5 nitrogen and oxygen atoms in total. The summed E-state index contributed by atoms with van der Waals surface area (Å²) >= 11 is 0. The number of esters is 1. The number of aromatic nitrogens is 2. The zero-order chi connectivity index (χ0) is 17.1. The molecule has 0 aliphatic carbocycles. The zero-order valence-electron chi connectivity index (χ0n) is 13.4. The average Bonchev–Trinajstić information content (AvgIpc) is 2.58. The number of carbonyl (C=O) groups is 1. The molecule has 0 bridgehead atoms. The Bertz CT molecular complexity index is 988. The van der Waals surface area contributed by atoms with Gasteiger partial charge in [0.25, 0.3) is 5.56 Å². The summed E-state index contributed by atoms with van der Waals surface area (Å²) < 4.78 is 6.51. The molecule has 5 heteroatoms. The fraction of sp³-hybridized carbons (Fsp3) is 0.105. The van der Waals surface area contributed by atoms with E-state index in [1.165, 1.54) is 17.8 Å². The maximum Gasteiger partial charge on any atom is 0.307 e. The van der Waals surface area contributed by atoms with Crippen molar-refractivity contribution in [3.05, 3.63) is 82.6 Å². The molecule has 0 aliphatic rings. The Labute approximate surface area is 138 Å². The van der Waals surface area contributed by atoms with Crippen LogP contribution in [0, 0.1) is 6.92 Å². The molecule has 120 valence electrons. The van der Waals surface area contributed by atoms with Crippen molar-refractivity contribution in [3.63, 3.8) is 0 Å². The van der Waals surface area contributed by atoms with Crippen molar-refractivity contribution in [1.29, 1.82) is 0 Å². The summed E-state index contributed by atoms with van der Waals surface area (Å²) in [5.41, 5.74) is 1.64. The minimum Gasteiger partial charge on any atom is -0.432 e. The van der Waals surface area contributed by atoms with Crippen LogP contribution in [-0.2, 0) is 9.53 Å². The van der Waals surface area contributed by atoms with Crippen LogP contribution in [-0.4, -0.2) is 15.5 Å². The monoisotopic (exact) mass is 320 g/mol. The van der Waals surface area contributed by atoms with Crippen LogP contribution < -0.4 is 5.56 Å². The van der Waals surface area contributed by atoms with Gasteiger partial charge in [-0.1, -0.05) is 42.5 Å². The smallest absolute Gasteiger partial charge is 0.307 e. The van der Waals surface area contributed by atoms with E-state index in [9.17, 15) is 9.59 Å². The third kappa shape index (κ3) is 2.96. The van der Waals surface area contributed by atoms with Crippen LogP contribution in [0.2, 0.25) is 0 Å². The van der Waals surface area contributed by atoms with E-state index in [1.807, 2.05) is 36.4 Å². The number of nitrogens with zero attached hydrogens (tertiary/aromatic N) is 2. The number of aryl methyl sites for hydroxylation is 1. The van der Waals surface area contributed by atoms with Crippen molar-refractivity contribution >= 4 is 22.6 Å². The van der Waals surface area contributed by atoms with Crippen LogP contribution in [0.15, 0.2) is 65.7 Å². The van der Waals surface area contributed by atoms with Gasteiger partial charge in [-0.15, -0.1) is 0 Å². The lowest BCUT2D eigenvalue weighted by Gasteiger charge is -2.14. The Morgan fingerprint density at radius 1 is 1.08 bits per heavy atom. The first-order valence-corrected chi connectivity index (χ1v) is 7.49. The third-order valence-corrected chi connectivity index (χ3v) is 3.59. The highest BCUT2D eigenvalue weighted by Crippen LogP contribution is 2.18. The van der Waals surface area contributed by atoms with E-state index in [0.717, 1.165) is 5.56 Å². The van der Waals surface area contributed by atoms with Crippen LogP contribution in [0.3, 0.4) is 0 Å². The first-order chi connectivity index (χ1) is 11.6. The highest BCUT2D eigenvalue weighted by atomic mass is 16.5. The van der Waals surface area contributed by atoms with Gasteiger partial charge in [0.1, 0.15) is 12.1 Å². The van der Waals surface area contributed by atoms with Gasteiger partial charge in [-0.25, -0.2) is 4.98 Å². The van der Waals surface area contributed by atoms with E-state index in [1.54, 1.807) is 25.1 Å². The molecule has 0 unspecified atom stereocenters. The number of para-hydroxylation sites is 1. The molecule has 0 fully saturated rings. The fourth-order valence-corrected chi connectivity index (χ4v) is 2.52. The van der Waals surface area contributed by atoms with Crippen molar-refractivity contribution in [3.8, 4) is 0 Å². The largest absolute Gasteiger partial charge is 0.432 e. The predicted molar refractivity (Wildman–Crippen MR) is 92.3 cm³/mol. The summed E-state index contributed by atoms with van der Waals surface area (Å²) in [5, 5.41) is 0.507. The van der Waals surface area contributed by atoms with E-state index >= 15 is 0 Å². The predicted octanol–water partition coefficient (Wildman–Crippen LogP) is 3.11. The average molecular weight is 320 g/mol.